The van der Waals surface area contributed by atoms with E-state index in [4.69, 9.17) is 17.3 Å². The van der Waals surface area contributed by atoms with E-state index in [1.165, 1.54) is 23.8 Å². The molecule has 0 bridgehead atoms. The largest absolute Gasteiger partial charge is 0.464 e. The van der Waals surface area contributed by atoms with Crippen molar-refractivity contribution in [2.24, 2.45) is 0 Å². The molecule has 0 unspecified atom stereocenters. The molecule has 106 valence electrons. The minimum Gasteiger partial charge on any atom is -0.464 e. The van der Waals surface area contributed by atoms with E-state index in [9.17, 15) is 9.18 Å². The third kappa shape index (κ3) is 2.46. The molecule has 2 aromatic rings. The first-order chi connectivity index (χ1) is 9.45. The van der Waals surface area contributed by atoms with Crippen LogP contribution in [-0.4, -0.2) is 22.6 Å². The summed E-state index contributed by atoms with van der Waals surface area (Å²) in [5, 5.41) is 0.271. The third-order valence-corrected chi connectivity index (χ3v) is 3.30. The fourth-order valence-corrected chi connectivity index (χ4v) is 2.16. The van der Waals surface area contributed by atoms with Crippen LogP contribution in [0.5, 0.6) is 0 Å². The molecule has 20 heavy (non-hydrogen) atoms. The van der Waals surface area contributed by atoms with Crippen molar-refractivity contribution >= 4 is 23.4 Å². The molecule has 0 fully saturated rings. The fourth-order valence-electron chi connectivity index (χ4n) is 1.93. The molecule has 5 nitrogen and oxygen atoms in total. The molecule has 1 aromatic heterocycles. The second-order valence-electron chi connectivity index (χ2n) is 4.17. The summed E-state index contributed by atoms with van der Waals surface area (Å²) < 4.78 is 20.0. The van der Waals surface area contributed by atoms with Gasteiger partial charge >= 0.3 is 5.97 Å². The summed E-state index contributed by atoms with van der Waals surface area (Å²) in [5.41, 5.74) is 6.04. The van der Waals surface area contributed by atoms with E-state index in [2.05, 4.69) is 9.72 Å². The second kappa shape index (κ2) is 5.50. The van der Waals surface area contributed by atoms with E-state index in [-0.39, 0.29) is 28.6 Å². The normalized spacial score (nSPS) is 10.6. The number of carbonyl (C=O) groups excluding carboxylic acids is 1. The summed E-state index contributed by atoms with van der Waals surface area (Å²) in [7, 11) is 1.24. The molecule has 7 heteroatoms. The molecular formula is C13H13ClFN3O2. The van der Waals surface area contributed by atoms with Crippen LogP contribution >= 0.6 is 11.6 Å². The van der Waals surface area contributed by atoms with Crippen molar-refractivity contribution < 1.29 is 13.9 Å². The number of imidazole rings is 1. The Morgan fingerprint density at radius 3 is 2.85 bits per heavy atom. The van der Waals surface area contributed by atoms with Crippen LogP contribution in [0.15, 0.2) is 18.2 Å². The zero-order valence-corrected chi connectivity index (χ0v) is 11.7. The van der Waals surface area contributed by atoms with Gasteiger partial charge in [-0.05, 0) is 19.1 Å². The van der Waals surface area contributed by atoms with E-state index in [0.717, 1.165) is 0 Å². The molecule has 1 aromatic carbocycles. The molecule has 0 aliphatic heterocycles. The molecule has 2 rings (SSSR count). The lowest BCUT2D eigenvalue weighted by atomic mass is 10.2. The summed E-state index contributed by atoms with van der Waals surface area (Å²) in [6.07, 6.45) is 0. The van der Waals surface area contributed by atoms with Gasteiger partial charge in [0, 0.05) is 10.6 Å². The summed E-state index contributed by atoms with van der Waals surface area (Å²) in [5.74, 6) is -0.570. The number of aromatic nitrogens is 2. The number of esters is 1. The number of hydrogen-bond donors (Lipinski definition) is 1. The average Bonchev–Trinajstić information content (AvgIpc) is 2.67. The van der Waals surface area contributed by atoms with E-state index < -0.39 is 11.8 Å². The smallest absolute Gasteiger partial charge is 0.358 e. The van der Waals surface area contributed by atoms with Gasteiger partial charge in [-0.25, -0.2) is 14.2 Å². The predicted molar refractivity (Wildman–Crippen MR) is 73.2 cm³/mol. The molecule has 0 aliphatic rings. The van der Waals surface area contributed by atoms with Crippen LogP contribution in [0.2, 0.25) is 5.02 Å². The monoisotopic (exact) mass is 297 g/mol. The minimum absolute atomic E-state index is 0.0433. The highest BCUT2D eigenvalue weighted by Crippen LogP contribution is 2.23. The Kier molecular flexibility index (Phi) is 3.94. The number of hydrogen-bond acceptors (Lipinski definition) is 4. The Balaban J connectivity index is 2.51. The topological polar surface area (TPSA) is 70.1 Å². The van der Waals surface area contributed by atoms with E-state index in [1.807, 2.05) is 0 Å². The van der Waals surface area contributed by atoms with Crippen molar-refractivity contribution in [1.29, 1.82) is 0 Å². The van der Waals surface area contributed by atoms with E-state index in [1.54, 1.807) is 13.0 Å². The Bertz CT molecular complexity index is 650. The number of halogens is 2. The number of nitrogen functional groups attached to an aromatic ring is 1. The maximum atomic E-state index is 13.8. The van der Waals surface area contributed by atoms with Gasteiger partial charge in [0.2, 0.25) is 0 Å². The van der Waals surface area contributed by atoms with Gasteiger partial charge in [-0.3, -0.25) is 0 Å². The number of methoxy groups -OCH3 is 1. The maximum Gasteiger partial charge on any atom is 0.358 e. The quantitative estimate of drug-likeness (QED) is 0.883. The summed E-state index contributed by atoms with van der Waals surface area (Å²) in [6.45, 7) is 1.71. The van der Waals surface area contributed by atoms with Crippen molar-refractivity contribution in [3.63, 3.8) is 0 Å². The van der Waals surface area contributed by atoms with Gasteiger partial charge in [0.1, 0.15) is 11.6 Å². The van der Waals surface area contributed by atoms with Crippen LogP contribution in [0.4, 0.5) is 10.2 Å². The van der Waals surface area contributed by atoms with Gasteiger partial charge in [-0.1, -0.05) is 17.7 Å². The molecule has 0 saturated carbocycles. The Morgan fingerprint density at radius 2 is 2.25 bits per heavy atom. The van der Waals surface area contributed by atoms with Gasteiger partial charge in [-0.15, -0.1) is 0 Å². The van der Waals surface area contributed by atoms with Crippen LogP contribution in [-0.2, 0) is 11.3 Å². The van der Waals surface area contributed by atoms with Crippen LogP contribution in [0.3, 0.4) is 0 Å². The maximum absolute atomic E-state index is 13.8. The van der Waals surface area contributed by atoms with Gasteiger partial charge < -0.3 is 15.0 Å². The Hall–Kier alpha value is -2.08. The van der Waals surface area contributed by atoms with Crippen LogP contribution < -0.4 is 5.73 Å². The summed E-state index contributed by atoms with van der Waals surface area (Å²) >= 11 is 5.98. The van der Waals surface area contributed by atoms with Crippen molar-refractivity contribution in [3.05, 3.63) is 46.1 Å². The zero-order valence-electron chi connectivity index (χ0n) is 11.0. The van der Waals surface area contributed by atoms with Crippen molar-refractivity contribution in [2.45, 2.75) is 13.5 Å². The van der Waals surface area contributed by atoms with Gasteiger partial charge in [0.05, 0.1) is 13.7 Å². The summed E-state index contributed by atoms with van der Waals surface area (Å²) in [4.78, 5) is 15.7. The number of benzene rings is 1. The Labute approximate surface area is 120 Å². The first-order valence-corrected chi connectivity index (χ1v) is 6.17. The standard InChI is InChI=1S/C13H13ClFN3O2/c1-7-17-12(16)11(13(19)20-2)18(7)6-8-9(14)4-3-5-10(8)15/h3-5H,6,16H2,1-2H3. The Morgan fingerprint density at radius 1 is 1.55 bits per heavy atom. The predicted octanol–water partition coefficient (Wildman–Crippen LogP) is 2.40. The van der Waals surface area contributed by atoms with Crippen molar-refractivity contribution in [2.75, 3.05) is 12.8 Å². The third-order valence-electron chi connectivity index (χ3n) is 2.94. The molecule has 0 amide bonds. The first kappa shape index (κ1) is 14.3. The molecule has 1 heterocycles. The van der Waals surface area contributed by atoms with Gasteiger partial charge in [0.25, 0.3) is 0 Å². The lowest BCUT2D eigenvalue weighted by molar-refractivity contribution is 0.0590. The molecule has 0 radical (unpaired) electrons. The van der Waals surface area contributed by atoms with Crippen LogP contribution in [0.1, 0.15) is 21.9 Å². The molecule has 0 atom stereocenters. The number of ether oxygens (including phenoxy) is 1. The number of rotatable bonds is 3. The lowest BCUT2D eigenvalue weighted by Gasteiger charge is -2.11. The highest BCUT2D eigenvalue weighted by Gasteiger charge is 2.21. The lowest BCUT2D eigenvalue weighted by Crippen LogP contribution is -2.15. The number of aryl methyl sites for hydroxylation is 1. The molecule has 0 aliphatic carbocycles. The van der Waals surface area contributed by atoms with Crippen LogP contribution in [0, 0.1) is 12.7 Å². The number of nitrogens with zero attached hydrogens (tertiary/aromatic N) is 2. The SMILES string of the molecule is COC(=O)c1c(N)nc(C)n1Cc1c(F)cccc1Cl. The average molecular weight is 298 g/mol. The minimum atomic E-state index is -0.629. The number of nitrogens with two attached hydrogens (primary N) is 1. The first-order valence-electron chi connectivity index (χ1n) is 5.79. The van der Waals surface area contributed by atoms with E-state index >= 15 is 0 Å². The fraction of sp³-hybridized carbons (Fsp3) is 0.231. The highest BCUT2D eigenvalue weighted by molar-refractivity contribution is 6.31. The highest BCUT2D eigenvalue weighted by atomic mass is 35.5. The number of anilines is 1. The molecule has 0 spiro atoms. The second-order valence-corrected chi connectivity index (χ2v) is 4.58. The van der Waals surface area contributed by atoms with Gasteiger partial charge in [-0.2, -0.15) is 0 Å². The van der Waals surface area contributed by atoms with Gasteiger partial charge in [0.15, 0.2) is 11.5 Å². The van der Waals surface area contributed by atoms with Crippen molar-refractivity contribution in [3.8, 4) is 0 Å². The zero-order chi connectivity index (χ0) is 14.9. The number of carbonyl (C=O) groups is 1. The van der Waals surface area contributed by atoms with Crippen LogP contribution in [0.25, 0.3) is 0 Å². The molecule has 2 N–H and O–H groups in total. The molecule has 0 saturated heterocycles. The van der Waals surface area contributed by atoms with Crippen molar-refractivity contribution in [1.82, 2.24) is 9.55 Å². The summed E-state index contributed by atoms with van der Waals surface area (Å²) in [6, 6.07) is 4.39. The van der Waals surface area contributed by atoms with E-state index in [0.29, 0.717) is 5.82 Å². The molecular weight excluding hydrogens is 285 g/mol.